The predicted octanol–water partition coefficient (Wildman–Crippen LogP) is 2.64. The van der Waals surface area contributed by atoms with Gasteiger partial charge < -0.3 is 10.2 Å². The van der Waals surface area contributed by atoms with E-state index in [4.69, 9.17) is 11.6 Å². The summed E-state index contributed by atoms with van der Waals surface area (Å²) in [5.41, 5.74) is 1.70. The molecule has 26 heavy (non-hydrogen) atoms. The van der Waals surface area contributed by atoms with E-state index in [0.717, 1.165) is 31.5 Å². The van der Waals surface area contributed by atoms with E-state index >= 15 is 0 Å². The van der Waals surface area contributed by atoms with Crippen LogP contribution in [0.3, 0.4) is 0 Å². The standard InChI is InChI=1S/C18H23ClN4O2S/c1-23(12-13-5-7-15(19)8-6-13)18-21-11-16(26(2,24)25)17(22-18)14-4-3-9-20-10-14/h5-8,11,14,20H,3-4,9-10,12H2,1-2H3/t14-/m1/s1. The quantitative estimate of drug-likeness (QED) is 0.840. The zero-order chi connectivity index (χ0) is 18.7. The number of hydrogen-bond acceptors (Lipinski definition) is 6. The summed E-state index contributed by atoms with van der Waals surface area (Å²) in [6, 6.07) is 7.60. The SMILES string of the molecule is CN(Cc1ccc(Cl)cc1)c1ncc(S(C)(=O)=O)c([C@@H]2CCCNC2)n1. The van der Waals surface area contributed by atoms with E-state index < -0.39 is 9.84 Å². The lowest BCUT2D eigenvalue weighted by Crippen LogP contribution is -2.30. The van der Waals surface area contributed by atoms with E-state index in [1.54, 1.807) is 0 Å². The highest BCUT2D eigenvalue weighted by Crippen LogP contribution is 2.28. The monoisotopic (exact) mass is 394 g/mol. The van der Waals surface area contributed by atoms with Gasteiger partial charge in [0.25, 0.3) is 0 Å². The van der Waals surface area contributed by atoms with E-state index in [1.807, 2.05) is 36.2 Å². The van der Waals surface area contributed by atoms with Gasteiger partial charge in [0, 0.05) is 37.3 Å². The van der Waals surface area contributed by atoms with Crippen LogP contribution in [-0.4, -0.2) is 44.8 Å². The lowest BCUT2D eigenvalue weighted by atomic mass is 9.96. The van der Waals surface area contributed by atoms with Gasteiger partial charge in [0.15, 0.2) is 9.84 Å². The predicted molar refractivity (Wildman–Crippen MR) is 104 cm³/mol. The summed E-state index contributed by atoms with van der Waals surface area (Å²) in [5, 5.41) is 4.02. The molecule has 1 aliphatic heterocycles. The molecule has 2 aromatic rings. The third kappa shape index (κ3) is 4.52. The third-order valence-corrected chi connectivity index (χ3v) is 5.89. The lowest BCUT2D eigenvalue weighted by Gasteiger charge is -2.25. The van der Waals surface area contributed by atoms with Gasteiger partial charge in [-0.3, -0.25) is 0 Å². The van der Waals surface area contributed by atoms with Crippen molar-refractivity contribution in [1.82, 2.24) is 15.3 Å². The fraction of sp³-hybridized carbons (Fsp3) is 0.444. The van der Waals surface area contributed by atoms with Gasteiger partial charge in [-0.1, -0.05) is 23.7 Å². The molecule has 1 atom stereocenters. The molecule has 0 saturated carbocycles. The summed E-state index contributed by atoms with van der Waals surface area (Å²) in [4.78, 5) is 11.1. The number of hydrogen-bond donors (Lipinski definition) is 1. The van der Waals surface area contributed by atoms with Crippen LogP contribution >= 0.6 is 11.6 Å². The maximum atomic E-state index is 12.2. The van der Waals surface area contributed by atoms with Crippen LogP contribution in [0.25, 0.3) is 0 Å². The second-order valence-electron chi connectivity index (χ2n) is 6.72. The minimum absolute atomic E-state index is 0.0826. The molecule has 0 bridgehead atoms. The Morgan fingerprint density at radius 1 is 1.31 bits per heavy atom. The van der Waals surface area contributed by atoms with Gasteiger partial charge in [0.2, 0.25) is 5.95 Å². The van der Waals surface area contributed by atoms with Crippen molar-refractivity contribution in [2.24, 2.45) is 0 Å². The number of nitrogens with one attached hydrogen (secondary N) is 1. The minimum Gasteiger partial charge on any atom is -0.340 e. The third-order valence-electron chi connectivity index (χ3n) is 4.53. The number of rotatable bonds is 5. The molecule has 8 heteroatoms. The first kappa shape index (κ1) is 19.1. The van der Waals surface area contributed by atoms with Crippen LogP contribution in [0.2, 0.25) is 5.02 Å². The number of halogens is 1. The van der Waals surface area contributed by atoms with Gasteiger partial charge in [-0.25, -0.2) is 18.4 Å². The molecule has 0 spiro atoms. The Labute approximate surface area is 159 Å². The van der Waals surface area contributed by atoms with Gasteiger partial charge in [-0.2, -0.15) is 0 Å². The molecular weight excluding hydrogens is 372 g/mol. The number of aromatic nitrogens is 2. The Bertz CT molecular complexity index is 865. The van der Waals surface area contributed by atoms with Crippen molar-refractivity contribution in [3.63, 3.8) is 0 Å². The Morgan fingerprint density at radius 3 is 2.65 bits per heavy atom. The molecule has 2 heterocycles. The molecule has 1 saturated heterocycles. The fourth-order valence-corrected chi connectivity index (χ4v) is 4.12. The average molecular weight is 395 g/mol. The number of sulfone groups is 1. The molecule has 0 radical (unpaired) electrons. The van der Waals surface area contributed by atoms with Crippen molar-refractivity contribution in [2.45, 2.75) is 30.2 Å². The summed E-state index contributed by atoms with van der Waals surface area (Å²) >= 11 is 5.93. The van der Waals surface area contributed by atoms with Gasteiger partial charge >= 0.3 is 0 Å². The Hall–Kier alpha value is -1.70. The summed E-state index contributed by atoms with van der Waals surface area (Å²) < 4.78 is 24.3. The largest absolute Gasteiger partial charge is 0.340 e. The van der Waals surface area contributed by atoms with Gasteiger partial charge in [0.1, 0.15) is 4.90 Å². The van der Waals surface area contributed by atoms with Crippen LogP contribution in [0.5, 0.6) is 0 Å². The second-order valence-corrected chi connectivity index (χ2v) is 9.14. The number of piperidine rings is 1. The molecule has 0 aliphatic carbocycles. The highest BCUT2D eigenvalue weighted by Gasteiger charge is 2.25. The van der Waals surface area contributed by atoms with Crippen LogP contribution in [-0.2, 0) is 16.4 Å². The fourth-order valence-electron chi connectivity index (χ4n) is 3.16. The molecule has 6 nitrogen and oxygen atoms in total. The normalized spacial score (nSPS) is 17.9. The first-order valence-electron chi connectivity index (χ1n) is 8.58. The van der Waals surface area contributed by atoms with E-state index in [2.05, 4.69) is 15.3 Å². The molecule has 0 unspecified atom stereocenters. The van der Waals surface area contributed by atoms with Crippen molar-refractivity contribution in [2.75, 3.05) is 31.3 Å². The van der Waals surface area contributed by atoms with Crippen LogP contribution in [0, 0.1) is 0 Å². The van der Waals surface area contributed by atoms with Crippen LogP contribution in [0.1, 0.15) is 30.0 Å². The first-order chi connectivity index (χ1) is 12.3. The number of benzene rings is 1. The summed E-state index contributed by atoms with van der Waals surface area (Å²) in [5.74, 6) is 0.604. The molecule has 140 valence electrons. The van der Waals surface area contributed by atoms with Gasteiger partial charge in [-0.05, 0) is 37.1 Å². The maximum Gasteiger partial charge on any atom is 0.225 e. The maximum absolute atomic E-state index is 12.2. The van der Waals surface area contributed by atoms with Crippen molar-refractivity contribution >= 4 is 27.4 Å². The Kier molecular flexibility index (Phi) is 5.79. The topological polar surface area (TPSA) is 75.2 Å². The van der Waals surface area contributed by atoms with E-state index in [0.29, 0.717) is 23.2 Å². The van der Waals surface area contributed by atoms with Crippen molar-refractivity contribution < 1.29 is 8.42 Å². The Morgan fingerprint density at radius 2 is 2.04 bits per heavy atom. The molecule has 1 fully saturated rings. The van der Waals surface area contributed by atoms with E-state index in [9.17, 15) is 8.42 Å². The number of anilines is 1. The molecule has 1 aliphatic rings. The molecule has 3 rings (SSSR count). The van der Waals surface area contributed by atoms with Crippen molar-refractivity contribution in [1.29, 1.82) is 0 Å². The van der Waals surface area contributed by atoms with E-state index in [1.165, 1.54) is 12.5 Å². The summed E-state index contributed by atoms with van der Waals surface area (Å²) in [6.07, 6.45) is 4.59. The first-order valence-corrected chi connectivity index (χ1v) is 10.8. The zero-order valence-electron chi connectivity index (χ0n) is 14.9. The summed E-state index contributed by atoms with van der Waals surface area (Å²) in [6.45, 7) is 2.30. The smallest absolute Gasteiger partial charge is 0.225 e. The Balaban J connectivity index is 1.91. The highest BCUT2D eigenvalue weighted by molar-refractivity contribution is 7.90. The van der Waals surface area contributed by atoms with Crippen molar-refractivity contribution in [3.05, 3.63) is 46.7 Å². The molecule has 1 aromatic heterocycles. The molecular formula is C18H23ClN4O2S. The highest BCUT2D eigenvalue weighted by atomic mass is 35.5. The molecule has 0 amide bonds. The van der Waals surface area contributed by atoms with Gasteiger partial charge in [0.05, 0.1) is 11.9 Å². The average Bonchev–Trinajstić information content (AvgIpc) is 2.63. The van der Waals surface area contributed by atoms with Crippen LogP contribution in [0.4, 0.5) is 5.95 Å². The summed E-state index contributed by atoms with van der Waals surface area (Å²) in [7, 11) is -1.48. The van der Waals surface area contributed by atoms with Crippen LogP contribution < -0.4 is 10.2 Å². The molecule has 1 N–H and O–H groups in total. The van der Waals surface area contributed by atoms with Crippen LogP contribution in [0.15, 0.2) is 35.4 Å². The van der Waals surface area contributed by atoms with Gasteiger partial charge in [-0.15, -0.1) is 0 Å². The zero-order valence-corrected chi connectivity index (χ0v) is 16.5. The minimum atomic E-state index is -3.37. The lowest BCUT2D eigenvalue weighted by molar-refractivity contribution is 0.447. The number of nitrogens with zero attached hydrogens (tertiary/aromatic N) is 3. The van der Waals surface area contributed by atoms with Crippen molar-refractivity contribution in [3.8, 4) is 0 Å². The second kappa shape index (κ2) is 7.90. The van der Waals surface area contributed by atoms with E-state index in [-0.39, 0.29) is 10.8 Å². The molecule has 1 aromatic carbocycles.